The lowest BCUT2D eigenvalue weighted by Crippen LogP contribution is -1.58. The summed E-state index contributed by atoms with van der Waals surface area (Å²) < 4.78 is 1.92. The molecule has 0 saturated heterocycles. The van der Waals surface area contributed by atoms with Crippen LogP contribution in [0.25, 0.3) is 0 Å². The van der Waals surface area contributed by atoms with Crippen molar-refractivity contribution in [1.29, 1.82) is 0 Å². The normalized spacial score (nSPS) is 8.75. The van der Waals surface area contributed by atoms with Crippen LogP contribution in [0.15, 0.2) is 10.2 Å². The molecular weight excluding hydrogens is 211 g/mol. The Labute approximate surface area is 64.5 Å². The lowest BCUT2D eigenvalue weighted by atomic mass is 10.3. The SMILES string of the molecule is CCCC#C/C=C/I. The van der Waals surface area contributed by atoms with Crippen LogP contribution in [0.3, 0.4) is 0 Å². The topological polar surface area (TPSA) is 0 Å². The van der Waals surface area contributed by atoms with Gasteiger partial charge in [0.15, 0.2) is 0 Å². The Balaban J connectivity index is 3.21. The van der Waals surface area contributed by atoms with Crippen molar-refractivity contribution in [3.8, 4) is 11.8 Å². The van der Waals surface area contributed by atoms with Gasteiger partial charge < -0.3 is 0 Å². The average Bonchev–Trinajstić information content (AvgIpc) is 1.81. The van der Waals surface area contributed by atoms with E-state index in [1.165, 1.54) is 0 Å². The van der Waals surface area contributed by atoms with Gasteiger partial charge in [-0.25, -0.2) is 0 Å². The first-order valence-electron chi connectivity index (χ1n) is 2.65. The fourth-order valence-corrected chi connectivity index (χ4v) is 0.467. The molecule has 0 aliphatic rings. The van der Waals surface area contributed by atoms with Gasteiger partial charge in [-0.1, -0.05) is 41.4 Å². The highest BCUT2D eigenvalue weighted by Gasteiger charge is 1.65. The van der Waals surface area contributed by atoms with Crippen LogP contribution in [0.1, 0.15) is 19.8 Å². The molecular formula is C7H9I. The fourth-order valence-electron chi connectivity index (χ4n) is 0.288. The number of halogens is 1. The number of hydrogen-bond acceptors (Lipinski definition) is 0. The molecule has 0 N–H and O–H groups in total. The molecule has 0 saturated carbocycles. The summed E-state index contributed by atoms with van der Waals surface area (Å²) >= 11 is 2.16. The van der Waals surface area contributed by atoms with E-state index < -0.39 is 0 Å². The van der Waals surface area contributed by atoms with Crippen molar-refractivity contribution in [2.24, 2.45) is 0 Å². The van der Waals surface area contributed by atoms with E-state index in [9.17, 15) is 0 Å². The van der Waals surface area contributed by atoms with E-state index in [-0.39, 0.29) is 0 Å². The van der Waals surface area contributed by atoms with Gasteiger partial charge in [-0.05, 0) is 16.6 Å². The molecule has 0 heterocycles. The Morgan fingerprint density at radius 1 is 1.62 bits per heavy atom. The molecule has 0 aromatic rings. The molecule has 0 nitrogen and oxygen atoms in total. The first-order chi connectivity index (χ1) is 3.91. The molecule has 0 bridgehead atoms. The molecule has 0 unspecified atom stereocenters. The van der Waals surface area contributed by atoms with Crippen LogP contribution >= 0.6 is 22.6 Å². The molecule has 8 heavy (non-hydrogen) atoms. The maximum absolute atomic E-state index is 2.99. The lowest BCUT2D eigenvalue weighted by molar-refractivity contribution is 0.983. The van der Waals surface area contributed by atoms with E-state index in [0.717, 1.165) is 12.8 Å². The van der Waals surface area contributed by atoms with Crippen LogP contribution in [-0.2, 0) is 0 Å². The van der Waals surface area contributed by atoms with E-state index in [1.54, 1.807) is 0 Å². The highest BCUT2D eigenvalue weighted by molar-refractivity contribution is 14.1. The molecule has 0 aliphatic carbocycles. The Morgan fingerprint density at radius 2 is 2.38 bits per heavy atom. The van der Waals surface area contributed by atoms with Crippen molar-refractivity contribution < 1.29 is 0 Å². The van der Waals surface area contributed by atoms with Crippen LogP contribution in [0.4, 0.5) is 0 Å². The highest BCUT2D eigenvalue weighted by atomic mass is 127. The maximum atomic E-state index is 2.99. The lowest BCUT2D eigenvalue weighted by Gasteiger charge is -1.72. The maximum Gasteiger partial charge on any atom is 0.00896 e. The number of allylic oxidation sites excluding steroid dienone is 1. The predicted octanol–water partition coefficient (Wildman–Crippen LogP) is 2.74. The zero-order chi connectivity index (χ0) is 6.24. The van der Waals surface area contributed by atoms with Crippen LogP contribution in [0.5, 0.6) is 0 Å². The minimum Gasteiger partial charge on any atom is -0.0985 e. The van der Waals surface area contributed by atoms with Crippen molar-refractivity contribution in [2.75, 3.05) is 0 Å². The monoisotopic (exact) mass is 220 g/mol. The number of unbranched alkanes of at least 4 members (excludes halogenated alkanes) is 1. The van der Waals surface area contributed by atoms with Crippen molar-refractivity contribution in [1.82, 2.24) is 0 Å². The molecule has 0 radical (unpaired) electrons. The van der Waals surface area contributed by atoms with E-state index in [4.69, 9.17) is 0 Å². The van der Waals surface area contributed by atoms with Gasteiger partial charge in [0.05, 0.1) is 0 Å². The summed E-state index contributed by atoms with van der Waals surface area (Å²) in [6, 6.07) is 0. The summed E-state index contributed by atoms with van der Waals surface area (Å²) in [6.07, 6.45) is 4.03. The van der Waals surface area contributed by atoms with E-state index >= 15 is 0 Å². The van der Waals surface area contributed by atoms with Gasteiger partial charge >= 0.3 is 0 Å². The van der Waals surface area contributed by atoms with Crippen LogP contribution in [0, 0.1) is 11.8 Å². The summed E-state index contributed by atoms with van der Waals surface area (Å²) in [5, 5.41) is 0. The van der Waals surface area contributed by atoms with E-state index in [0.29, 0.717) is 0 Å². The summed E-state index contributed by atoms with van der Waals surface area (Å²) in [5.41, 5.74) is 0. The Hall–Kier alpha value is 0.0300. The standard InChI is InChI=1S/C7H9I/c1-2-3-4-5-6-7-8/h6-7H,2-3H2,1H3/b7-6+. The highest BCUT2D eigenvalue weighted by Crippen LogP contribution is 1.83. The molecule has 0 aromatic heterocycles. The molecule has 0 fully saturated rings. The van der Waals surface area contributed by atoms with Crippen LogP contribution < -0.4 is 0 Å². The number of rotatable bonds is 1. The molecule has 0 amide bonds. The second kappa shape index (κ2) is 7.03. The summed E-state index contributed by atoms with van der Waals surface area (Å²) in [7, 11) is 0. The zero-order valence-electron chi connectivity index (χ0n) is 4.95. The second-order valence-electron chi connectivity index (χ2n) is 1.36. The molecule has 0 spiro atoms. The van der Waals surface area contributed by atoms with Crippen molar-refractivity contribution in [3.63, 3.8) is 0 Å². The zero-order valence-corrected chi connectivity index (χ0v) is 7.10. The van der Waals surface area contributed by atoms with Gasteiger partial charge in [0.25, 0.3) is 0 Å². The van der Waals surface area contributed by atoms with Crippen molar-refractivity contribution in [3.05, 3.63) is 10.2 Å². The number of hydrogen-bond donors (Lipinski definition) is 0. The Kier molecular flexibility index (Phi) is 7.06. The molecule has 0 atom stereocenters. The average molecular weight is 220 g/mol. The first kappa shape index (κ1) is 8.03. The smallest absolute Gasteiger partial charge is 0.00896 e. The minimum absolute atomic E-state index is 1.01. The third-order valence-electron chi connectivity index (χ3n) is 0.623. The molecule has 0 aliphatic heterocycles. The van der Waals surface area contributed by atoms with Crippen molar-refractivity contribution in [2.45, 2.75) is 19.8 Å². The third-order valence-corrected chi connectivity index (χ3v) is 0.983. The predicted molar refractivity (Wildman–Crippen MR) is 45.8 cm³/mol. The molecule has 44 valence electrons. The van der Waals surface area contributed by atoms with Gasteiger partial charge in [-0.2, -0.15) is 0 Å². The quantitative estimate of drug-likeness (QED) is 0.470. The van der Waals surface area contributed by atoms with Crippen molar-refractivity contribution >= 4 is 22.6 Å². The Bertz CT molecular complexity index is 114. The van der Waals surface area contributed by atoms with Gasteiger partial charge in [0, 0.05) is 6.42 Å². The van der Waals surface area contributed by atoms with Crippen LogP contribution in [-0.4, -0.2) is 0 Å². The fraction of sp³-hybridized carbons (Fsp3) is 0.429. The molecule has 1 heteroatoms. The largest absolute Gasteiger partial charge is 0.0985 e. The van der Waals surface area contributed by atoms with Gasteiger partial charge in [-0.15, -0.1) is 0 Å². The van der Waals surface area contributed by atoms with Gasteiger partial charge in [0.1, 0.15) is 0 Å². The van der Waals surface area contributed by atoms with E-state index in [2.05, 4.69) is 41.4 Å². The Morgan fingerprint density at radius 3 is 2.88 bits per heavy atom. The minimum atomic E-state index is 1.01. The first-order valence-corrected chi connectivity index (χ1v) is 3.90. The van der Waals surface area contributed by atoms with Crippen LogP contribution in [0.2, 0.25) is 0 Å². The summed E-state index contributed by atoms with van der Waals surface area (Å²) in [5.74, 6) is 5.89. The van der Waals surface area contributed by atoms with E-state index in [1.807, 2.05) is 10.2 Å². The summed E-state index contributed by atoms with van der Waals surface area (Å²) in [4.78, 5) is 0. The van der Waals surface area contributed by atoms with Gasteiger partial charge in [0.2, 0.25) is 0 Å². The molecule has 0 rings (SSSR count). The second-order valence-corrected chi connectivity index (χ2v) is 2.08. The summed E-state index contributed by atoms with van der Waals surface area (Å²) in [6.45, 7) is 2.13. The molecule has 0 aromatic carbocycles. The van der Waals surface area contributed by atoms with Gasteiger partial charge in [-0.3, -0.25) is 0 Å². The third kappa shape index (κ3) is 6.03.